The van der Waals surface area contributed by atoms with E-state index in [0.29, 0.717) is 6.04 Å². The van der Waals surface area contributed by atoms with Gasteiger partial charge in [-0.2, -0.15) is 0 Å². The molecule has 0 amide bonds. The fourth-order valence-electron chi connectivity index (χ4n) is 3.98. The molecule has 0 aliphatic heterocycles. The topological polar surface area (TPSA) is 3.24 Å². The van der Waals surface area contributed by atoms with Gasteiger partial charge in [0.2, 0.25) is 0 Å². The van der Waals surface area contributed by atoms with Crippen LogP contribution in [-0.2, 0) is 0 Å². The summed E-state index contributed by atoms with van der Waals surface area (Å²) < 4.78 is 0. The smallest absolute Gasteiger partial charge is 0.00953 e. The first-order chi connectivity index (χ1) is 10.7. The monoisotopic (exact) mass is 313 g/mol. The third kappa shape index (κ3) is 3.21. The minimum Gasteiger partial charge on any atom is -0.306 e. The molecule has 1 saturated carbocycles. The first kappa shape index (κ1) is 16.0. The van der Waals surface area contributed by atoms with Gasteiger partial charge in [-0.15, -0.1) is 0 Å². The predicted molar refractivity (Wildman–Crippen MR) is 99.1 cm³/mol. The van der Waals surface area contributed by atoms with E-state index in [4.69, 9.17) is 0 Å². The standard InChI is InChI=1S/C20H28NP/c1-16(21(2)3)19-14-9-15-20(19)22(18-12-7-8-13-18)17-10-5-4-6-11-17/h4-7,10-13,16,19-20H,8-9,14-15H2,1-3H3/t16-,19?,20+,22+/m1/s1. The first-order valence-electron chi connectivity index (χ1n) is 8.56. The Morgan fingerprint density at radius 1 is 1.14 bits per heavy atom. The molecule has 118 valence electrons. The molecule has 0 saturated heterocycles. The van der Waals surface area contributed by atoms with Crippen molar-refractivity contribution in [1.29, 1.82) is 0 Å². The maximum atomic E-state index is 2.47. The number of hydrogen-bond acceptors (Lipinski definition) is 1. The van der Waals surface area contributed by atoms with Crippen LogP contribution in [0.5, 0.6) is 0 Å². The van der Waals surface area contributed by atoms with Crippen molar-refractivity contribution in [1.82, 2.24) is 4.90 Å². The van der Waals surface area contributed by atoms with Gasteiger partial charge in [0.1, 0.15) is 0 Å². The van der Waals surface area contributed by atoms with E-state index in [9.17, 15) is 0 Å². The summed E-state index contributed by atoms with van der Waals surface area (Å²) in [7, 11) is 4.26. The van der Waals surface area contributed by atoms with Gasteiger partial charge in [-0.05, 0) is 70.4 Å². The molecule has 0 radical (unpaired) electrons. The van der Waals surface area contributed by atoms with Crippen LogP contribution in [0.2, 0.25) is 0 Å². The van der Waals surface area contributed by atoms with Crippen LogP contribution in [0.1, 0.15) is 32.6 Å². The van der Waals surface area contributed by atoms with Gasteiger partial charge in [0, 0.05) is 6.04 Å². The molecule has 0 aromatic heterocycles. The SMILES string of the molecule is C[C@H](C1CCC[C@@H]1[P@](C1=CCC=C1)c1ccccc1)N(C)C. The molecule has 22 heavy (non-hydrogen) atoms. The second-order valence-electron chi connectivity index (χ2n) is 6.84. The largest absolute Gasteiger partial charge is 0.306 e. The highest BCUT2D eigenvalue weighted by Crippen LogP contribution is 2.58. The molecule has 1 fully saturated rings. The van der Waals surface area contributed by atoms with Gasteiger partial charge in [0.25, 0.3) is 0 Å². The zero-order valence-electron chi connectivity index (χ0n) is 14.1. The molecule has 1 unspecified atom stereocenters. The van der Waals surface area contributed by atoms with Crippen LogP contribution in [-0.4, -0.2) is 30.7 Å². The normalized spacial score (nSPS) is 27.2. The summed E-state index contributed by atoms with van der Waals surface area (Å²) in [4.78, 5) is 2.42. The van der Waals surface area contributed by atoms with Crippen LogP contribution in [0.3, 0.4) is 0 Å². The van der Waals surface area contributed by atoms with Gasteiger partial charge in [-0.25, -0.2) is 0 Å². The third-order valence-corrected chi connectivity index (χ3v) is 8.41. The maximum absolute atomic E-state index is 2.47. The zero-order valence-corrected chi connectivity index (χ0v) is 15.0. The number of hydrogen-bond donors (Lipinski definition) is 0. The van der Waals surface area contributed by atoms with E-state index in [1.54, 1.807) is 10.6 Å². The molecular weight excluding hydrogens is 285 g/mol. The molecule has 0 heterocycles. The minimum atomic E-state index is -0.207. The second-order valence-corrected chi connectivity index (χ2v) is 9.28. The first-order valence-corrected chi connectivity index (χ1v) is 9.97. The van der Waals surface area contributed by atoms with Crippen molar-refractivity contribution in [3.05, 3.63) is 53.9 Å². The van der Waals surface area contributed by atoms with Crippen LogP contribution in [0.4, 0.5) is 0 Å². The van der Waals surface area contributed by atoms with Gasteiger partial charge in [-0.1, -0.05) is 55.0 Å². The Morgan fingerprint density at radius 2 is 1.91 bits per heavy atom. The Balaban J connectivity index is 1.93. The minimum absolute atomic E-state index is 0.207. The predicted octanol–water partition coefficient (Wildman–Crippen LogP) is 4.76. The Kier molecular flexibility index (Phi) is 5.16. The fourth-order valence-corrected chi connectivity index (χ4v) is 7.33. The molecule has 0 spiro atoms. The van der Waals surface area contributed by atoms with Crippen LogP contribution >= 0.6 is 7.92 Å². The van der Waals surface area contributed by atoms with E-state index in [1.807, 2.05) is 0 Å². The van der Waals surface area contributed by atoms with Crippen molar-refractivity contribution in [3.8, 4) is 0 Å². The third-order valence-electron chi connectivity index (χ3n) is 5.36. The summed E-state index contributed by atoms with van der Waals surface area (Å²) in [6, 6.07) is 12.0. The number of benzene rings is 1. The van der Waals surface area contributed by atoms with Crippen LogP contribution in [0.25, 0.3) is 0 Å². The van der Waals surface area contributed by atoms with Crippen molar-refractivity contribution in [2.24, 2.45) is 5.92 Å². The summed E-state index contributed by atoms with van der Waals surface area (Å²) in [6.45, 7) is 2.42. The van der Waals surface area contributed by atoms with E-state index >= 15 is 0 Å². The maximum Gasteiger partial charge on any atom is 0.00953 e. The average Bonchev–Trinajstić information content (AvgIpc) is 3.20. The molecule has 2 aliphatic carbocycles. The molecule has 4 atom stereocenters. The lowest BCUT2D eigenvalue weighted by Gasteiger charge is -2.36. The Morgan fingerprint density at radius 3 is 2.55 bits per heavy atom. The molecule has 3 rings (SSSR count). The highest BCUT2D eigenvalue weighted by Gasteiger charge is 2.39. The van der Waals surface area contributed by atoms with Gasteiger partial charge in [0.15, 0.2) is 0 Å². The summed E-state index contributed by atoms with van der Waals surface area (Å²) in [5.41, 5.74) is 0.837. The lowest BCUT2D eigenvalue weighted by molar-refractivity contribution is 0.232. The van der Waals surface area contributed by atoms with Crippen molar-refractivity contribution < 1.29 is 0 Å². The highest BCUT2D eigenvalue weighted by molar-refractivity contribution is 7.70. The van der Waals surface area contributed by atoms with Crippen molar-refractivity contribution in [3.63, 3.8) is 0 Å². The summed E-state index contributed by atoms with van der Waals surface area (Å²) in [6.07, 6.45) is 12.5. The molecule has 2 heteroatoms. The van der Waals surface area contributed by atoms with E-state index in [2.05, 4.69) is 74.5 Å². The molecular formula is C20H28NP. The van der Waals surface area contributed by atoms with Crippen LogP contribution in [0, 0.1) is 5.92 Å². The quantitative estimate of drug-likeness (QED) is 0.709. The molecule has 1 aromatic carbocycles. The summed E-state index contributed by atoms with van der Waals surface area (Å²) in [5, 5.41) is 3.18. The summed E-state index contributed by atoms with van der Waals surface area (Å²) >= 11 is 0. The van der Waals surface area contributed by atoms with E-state index in [1.165, 1.54) is 19.3 Å². The van der Waals surface area contributed by atoms with E-state index in [-0.39, 0.29) is 7.92 Å². The fraction of sp³-hybridized carbons (Fsp3) is 0.500. The molecule has 1 nitrogen and oxygen atoms in total. The van der Waals surface area contributed by atoms with E-state index < -0.39 is 0 Å². The van der Waals surface area contributed by atoms with Gasteiger partial charge >= 0.3 is 0 Å². The number of rotatable bonds is 5. The highest BCUT2D eigenvalue weighted by atomic mass is 31.1. The Hall–Kier alpha value is -0.910. The van der Waals surface area contributed by atoms with Crippen molar-refractivity contribution in [2.75, 3.05) is 14.1 Å². The molecule has 2 aliphatic rings. The van der Waals surface area contributed by atoms with Gasteiger partial charge in [0.05, 0.1) is 0 Å². The summed E-state index contributed by atoms with van der Waals surface area (Å²) in [5.74, 6) is 0.830. The van der Waals surface area contributed by atoms with Crippen LogP contribution < -0.4 is 5.30 Å². The Bertz CT molecular complexity index is 546. The average molecular weight is 313 g/mol. The Labute approximate surface area is 136 Å². The molecule has 1 aromatic rings. The van der Waals surface area contributed by atoms with Crippen molar-refractivity contribution >= 4 is 13.2 Å². The lowest BCUT2D eigenvalue weighted by atomic mass is 9.98. The number of allylic oxidation sites excluding steroid dienone is 4. The zero-order chi connectivity index (χ0) is 15.5. The molecule has 0 N–H and O–H groups in total. The van der Waals surface area contributed by atoms with Crippen molar-refractivity contribution in [2.45, 2.75) is 44.3 Å². The second kappa shape index (κ2) is 7.11. The lowest BCUT2D eigenvalue weighted by Crippen LogP contribution is -2.36. The van der Waals surface area contributed by atoms with Gasteiger partial charge in [-0.3, -0.25) is 0 Å². The number of nitrogens with zero attached hydrogens (tertiary/aromatic N) is 1. The van der Waals surface area contributed by atoms with Gasteiger partial charge < -0.3 is 4.90 Å². The van der Waals surface area contributed by atoms with Crippen LogP contribution in [0.15, 0.2) is 53.9 Å². The van der Waals surface area contributed by atoms with E-state index in [0.717, 1.165) is 18.0 Å². The molecule has 0 bridgehead atoms.